The van der Waals surface area contributed by atoms with Crippen molar-refractivity contribution in [3.05, 3.63) is 77.5 Å². The highest BCUT2D eigenvalue weighted by molar-refractivity contribution is 6.00. The summed E-state index contributed by atoms with van der Waals surface area (Å²) in [6.45, 7) is 5.30. The van der Waals surface area contributed by atoms with Gasteiger partial charge in [-0.1, -0.05) is 18.2 Å². The van der Waals surface area contributed by atoms with Crippen LogP contribution in [0.3, 0.4) is 0 Å². The first-order valence-electron chi connectivity index (χ1n) is 10.3. The maximum atomic E-state index is 12.8. The van der Waals surface area contributed by atoms with Crippen LogP contribution in [0.2, 0.25) is 0 Å². The fourth-order valence-electron chi connectivity index (χ4n) is 3.36. The second-order valence-corrected chi connectivity index (χ2v) is 7.15. The van der Waals surface area contributed by atoms with Crippen molar-refractivity contribution in [2.24, 2.45) is 0 Å². The Morgan fingerprint density at radius 2 is 1.78 bits per heavy atom. The molecule has 0 aliphatic carbocycles. The lowest BCUT2D eigenvalue weighted by Gasteiger charge is -2.21. The molecule has 0 aliphatic heterocycles. The van der Waals surface area contributed by atoms with E-state index in [-0.39, 0.29) is 13.2 Å². The van der Waals surface area contributed by atoms with Crippen LogP contribution in [-0.4, -0.2) is 42.2 Å². The van der Waals surface area contributed by atoms with Gasteiger partial charge in [0.05, 0.1) is 25.0 Å². The lowest BCUT2D eigenvalue weighted by Crippen LogP contribution is -2.39. The van der Waals surface area contributed by atoms with Crippen molar-refractivity contribution in [2.75, 3.05) is 24.7 Å². The number of carbonyl (C=O) groups excluding carboxylic acids is 3. The zero-order valence-corrected chi connectivity index (χ0v) is 18.4. The lowest BCUT2D eigenvalue weighted by molar-refractivity contribution is -0.142. The highest BCUT2D eigenvalue weighted by atomic mass is 16.5. The number of carbonyl (C=O) groups is 3. The number of benzene rings is 1. The fourth-order valence-corrected chi connectivity index (χ4v) is 3.36. The Morgan fingerprint density at radius 1 is 1.03 bits per heavy atom. The van der Waals surface area contributed by atoms with E-state index in [1.807, 2.05) is 24.5 Å². The molecule has 32 heavy (non-hydrogen) atoms. The van der Waals surface area contributed by atoms with Crippen molar-refractivity contribution in [2.45, 2.75) is 27.3 Å². The van der Waals surface area contributed by atoms with Gasteiger partial charge in [0.25, 0.3) is 5.91 Å². The summed E-state index contributed by atoms with van der Waals surface area (Å²) >= 11 is 0. The van der Waals surface area contributed by atoms with E-state index < -0.39 is 24.5 Å². The molecule has 0 atom stereocenters. The quantitative estimate of drug-likeness (QED) is 0.475. The third-order valence-corrected chi connectivity index (χ3v) is 4.98. The number of ether oxygens (including phenoxy) is 2. The predicted octanol–water partition coefficient (Wildman–Crippen LogP) is 3.50. The number of rotatable bonds is 9. The Hall–Kier alpha value is -3.81. The molecule has 1 amide bonds. The summed E-state index contributed by atoms with van der Waals surface area (Å²) in [5.41, 5.74) is 2.46. The van der Waals surface area contributed by atoms with E-state index in [0.29, 0.717) is 23.5 Å². The molecule has 3 aromatic rings. The lowest BCUT2D eigenvalue weighted by atomic mass is 10.2. The summed E-state index contributed by atoms with van der Waals surface area (Å²) in [5.74, 6) is -0.917. The van der Waals surface area contributed by atoms with Crippen LogP contribution >= 0.6 is 0 Å². The van der Waals surface area contributed by atoms with E-state index >= 15 is 0 Å². The zero-order chi connectivity index (χ0) is 23.1. The van der Waals surface area contributed by atoms with Crippen molar-refractivity contribution < 1.29 is 28.3 Å². The molecule has 0 fully saturated rings. The van der Waals surface area contributed by atoms with Crippen LogP contribution in [0.4, 0.5) is 5.69 Å². The molecular weight excluding hydrogens is 412 g/mol. The third-order valence-electron chi connectivity index (χ3n) is 4.98. The maximum absolute atomic E-state index is 12.8. The molecule has 0 N–H and O–H groups in total. The summed E-state index contributed by atoms with van der Waals surface area (Å²) in [4.78, 5) is 38.7. The van der Waals surface area contributed by atoms with E-state index in [9.17, 15) is 14.4 Å². The van der Waals surface area contributed by atoms with Gasteiger partial charge in [0.1, 0.15) is 12.3 Å². The zero-order valence-electron chi connectivity index (χ0n) is 18.4. The molecule has 0 aliphatic rings. The topological polar surface area (TPSA) is 91.0 Å². The van der Waals surface area contributed by atoms with E-state index in [4.69, 9.17) is 13.9 Å². The van der Waals surface area contributed by atoms with Crippen LogP contribution < -0.4 is 4.90 Å². The normalized spacial score (nSPS) is 10.6. The van der Waals surface area contributed by atoms with E-state index in [0.717, 1.165) is 11.5 Å². The van der Waals surface area contributed by atoms with Crippen LogP contribution in [0, 0.1) is 13.8 Å². The molecule has 3 rings (SSSR count). The number of furan rings is 1. The number of amides is 1. The summed E-state index contributed by atoms with van der Waals surface area (Å²) in [5, 5.41) is 0. The van der Waals surface area contributed by atoms with Gasteiger partial charge in [-0.25, -0.2) is 4.79 Å². The molecule has 0 saturated carbocycles. The monoisotopic (exact) mass is 438 g/mol. The molecule has 0 bridgehead atoms. The minimum absolute atomic E-state index is 0.207. The van der Waals surface area contributed by atoms with Gasteiger partial charge in [0, 0.05) is 17.1 Å². The largest absolute Gasteiger partial charge is 0.467 e. The van der Waals surface area contributed by atoms with Gasteiger partial charge in [0.15, 0.2) is 6.61 Å². The molecule has 2 aromatic heterocycles. The number of hydrogen-bond donors (Lipinski definition) is 0. The Labute approximate surface area is 186 Å². The minimum atomic E-state index is -0.610. The van der Waals surface area contributed by atoms with Gasteiger partial charge in [-0.3, -0.25) is 14.5 Å². The van der Waals surface area contributed by atoms with Gasteiger partial charge >= 0.3 is 11.9 Å². The van der Waals surface area contributed by atoms with Crippen LogP contribution in [0.1, 0.15) is 34.4 Å². The second kappa shape index (κ2) is 10.5. The first kappa shape index (κ1) is 22.9. The minimum Gasteiger partial charge on any atom is -0.467 e. The third kappa shape index (κ3) is 5.46. The molecule has 8 nitrogen and oxygen atoms in total. The number of nitrogens with zero attached hydrogens (tertiary/aromatic N) is 2. The average molecular weight is 438 g/mol. The van der Waals surface area contributed by atoms with Gasteiger partial charge < -0.3 is 18.5 Å². The summed E-state index contributed by atoms with van der Waals surface area (Å²) in [6, 6.07) is 14.1. The van der Waals surface area contributed by atoms with Gasteiger partial charge in [-0.05, 0) is 51.1 Å². The standard InChI is InChI=1S/C24H26N2O6/c1-4-30-23(28)15-26(19-9-6-5-7-10-19)22(27)16-32-24(29)21-13-17(2)25(18(21)3)14-20-11-8-12-31-20/h5-13H,4,14-16H2,1-3H3. The van der Waals surface area contributed by atoms with Gasteiger partial charge in [-0.2, -0.15) is 0 Å². The number of hydrogen-bond acceptors (Lipinski definition) is 6. The van der Waals surface area contributed by atoms with Crippen molar-refractivity contribution in [1.82, 2.24) is 4.57 Å². The summed E-state index contributed by atoms with van der Waals surface area (Å²) in [7, 11) is 0. The Balaban J connectivity index is 1.69. The molecule has 0 radical (unpaired) electrons. The van der Waals surface area contributed by atoms with Crippen molar-refractivity contribution in [3.8, 4) is 0 Å². The first-order chi connectivity index (χ1) is 15.4. The number of para-hydroxylation sites is 1. The van der Waals surface area contributed by atoms with Crippen LogP contribution in [0.15, 0.2) is 59.2 Å². The van der Waals surface area contributed by atoms with E-state index in [2.05, 4.69) is 0 Å². The predicted molar refractivity (Wildman–Crippen MR) is 117 cm³/mol. The van der Waals surface area contributed by atoms with E-state index in [1.165, 1.54) is 4.90 Å². The molecule has 0 spiro atoms. The summed E-state index contributed by atoms with van der Waals surface area (Å²) < 4.78 is 17.6. The number of aromatic nitrogens is 1. The first-order valence-corrected chi connectivity index (χ1v) is 10.3. The van der Waals surface area contributed by atoms with Gasteiger partial charge in [0.2, 0.25) is 0 Å². The molecule has 2 heterocycles. The SMILES string of the molecule is CCOC(=O)CN(C(=O)COC(=O)c1cc(C)n(Cc2ccco2)c1C)c1ccccc1. The van der Waals surface area contributed by atoms with Gasteiger partial charge in [-0.15, -0.1) is 0 Å². The molecular formula is C24H26N2O6. The van der Waals surface area contributed by atoms with E-state index in [1.54, 1.807) is 55.7 Å². The molecule has 1 aromatic carbocycles. The molecule has 0 saturated heterocycles. The Kier molecular flexibility index (Phi) is 7.49. The highest BCUT2D eigenvalue weighted by Crippen LogP contribution is 2.19. The summed E-state index contributed by atoms with van der Waals surface area (Å²) in [6.07, 6.45) is 1.60. The van der Waals surface area contributed by atoms with Crippen LogP contribution in [0.25, 0.3) is 0 Å². The number of anilines is 1. The van der Waals surface area contributed by atoms with Crippen molar-refractivity contribution >= 4 is 23.5 Å². The molecule has 0 unspecified atom stereocenters. The Bertz CT molecular complexity index is 1070. The molecule has 8 heteroatoms. The Morgan fingerprint density at radius 3 is 2.44 bits per heavy atom. The molecule has 168 valence electrons. The number of esters is 2. The van der Waals surface area contributed by atoms with Crippen LogP contribution in [-0.2, 0) is 25.6 Å². The van der Waals surface area contributed by atoms with Crippen molar-refractivity contribution in [1.29, 1.82) is 0 Å². The average Bonchev–Trinajstić information content (AvgIpc) is 3.40. The highest BCUT2D eigenvalue weighted by Gasteiger charge is 2.23. The fraction of sp³-hybridized carbons (Fsp3) is 0.292. The number of aryl methyl sites for hydroxylation is 1. The van der Waals surface area contributed by atoms with Crippen LogP contribution in [0.5, 0.6) is 0 Å². The van der Waals surface area contributed by atoms with Crippen molar-refractivity contribution in [3.63, 3.8) is 0 Å². The maximum Gasteiger partial charge on any atom is 0.340 e. The smallest absolute Gasteiger partial charge is 0.340 e. The second-order valence-electron chi connectivity index (χ2n) is 7.15.